The van der Waals surface area contributed by atoms with Gasteiger partial charge in [0.15, 0.2) is 5.50 Å². The first-order valence-electron chi connectivity index (χ1n) is 3.46. The Hall–Kier alpha value is -0.360. The summed E-state index contributed by atoms with van der Waals surface area (Å²) in [4.78, 5) is 11.6. The molecule has 6 heteroatoms. The van der Waals surface area contributed by atoms with Crippen LogP contribution in [0.5, 0.6) is 0 Å². The molecule has 0 spiro atoms. The zero-order valence-electron chi connectivity index (χ0n) is 6.48. The van der Waals surface area contributed by atoms with E-state index in [4.69, 9.17) is 26.9 Å². The van der Waals surface area contributed by atoms with Crippen molar-refractivity contribution in [3.8, 4) is 0 Å². The van der Waals surface area contributed by atoms with Crippen molar-refractivity contribution in [2.45, 2.75) is 5.50 Å². The van der Waals surface area contributed by atoms with Crippen LogP contribution in [0.15, 0.2) is 0 Å². The van der Waals surface area contributed by atoms with Crippen molar-refractivity contribution in [2.24, 2.45) is 0 Å². The molecule has 5 nitrogen and oxygen atoms in total. The summed E-state index contributed by atoms with van der Waals surface area (Å²) in [6, 6.07) is 0. The summed E-state index contributed by atoms with van der Waals surface area (Å²) in [5.74, 6) is -1.18. The normalized spacial score (nSPS) is 13.3. The van der Waals surface area contributed by atoms with Crippen LogP contribution in [0.25, 0.3) is 0 Å². The molecule has 0 saturated carbocycles. The number of aliphatic hydroxyl groups is 2. The van der Waals surface area contributed by atoms with Gasteiger partial charge in [-0.15, -0.1) is 0 Å². The minimum absolute atomic E-state index is 0.140. The minimum atomic E-state index is -1.19. The van der Waals surface area contributed by atoms with Gasteiger partial charge < -0.3 is 15.3 Å². The Bertz CT molecular complexity index is 138. The summed E-state index contributed by atoms with van der Waals surface area (Å²) in [6.07, 6.45) is 0. The second kappa shape index (κ2) is 6.19. The van der Waals surface area contributed by atoms with E-state index < -0.39 is 11.5 Å². The zero-order chi connectivity index (χ0) is 9.56. The molecule has 0 heterocycles. The number of alkyl halides is 1. The summed E-state index contributed by atoms with van der Waals surface area (Å²) in [5.41, 5.74) is -1.19. The van der Waals surface area contributed by atoms with Crippen LogP contribution < -0.4 is 0 Å². The van der Waals surface area contributed by atoms with Crippen LogP contribution in [-0.4, -0.2) is 58.0 Å². The molecule has 0 saturated heterocycles. The summed E-state index contributed by atoms with van der Waals surface area (Å²) >= 11 is 5.44. The summed E-state index contributed by atoms with van der Waals surface area (Å²) in [5, 5.41) is 25.5. The molecular formula is C6H12ClNO4. The van der Waals surface area contributed by atoms with Gasteiger partial charge in [0, 0.05) is 13.1 Å². The first-order valence-corrected chi connectivity index (χ1v) is 3.89. The van der Waals surface area contributed by atoms with Crippen LogP contribution in [0.1, 0.15) is 0 Å². The Morgan fingerprint density at radius 2 is 1.75 bits per heavy atom. The van der Waals surface area contributed by atoms with Gasteiger partial charge >= 0.3 is 5.97 Å². The number of nitrogens with zero attached hydrogens (tertiary/aromatic N) is 1. The third-order valence-corrected chi connectivity index (χ3v) is 1.76. The maximum atomic E-state index is 10.4. The summed E-state index contributed by atoms with van der Waals surface area (Å²) in [6.45, 7) is -0.0882. The molecule has 0 aromatic carbocycles. The molecular weight excluding hydrogens is 186 g/mol. The van der Waals surface area contributed by atoms with Crippen LogP contribution in [-0.2, 0) is 4.79 Å². The second-order valence-electron chi connectivity index (χ2n) is 2.16. The van der Waals surface area contributed by atoms with Gasteiger partial charge in [-0.05, 0) is 0 Å². The smallest absolute Gasteiger partial charge is 0.336 e. The van der Waals surface area contributed by atoms with Crippen molar-refractivity contribution in [2.75, 3.05) is 26.3 Å². The molecule has 3 N–H and O–H groups in total. The Morgan fingerprint density at radius 1 is 1.33 bits per heavy atom. The van der Waals surface area contributed by atoms with Gasteiger partial charge in [0.1, 0.15) is 0 Å². The van der Waals surface area contributed by atoms with Crippen molar-refractivity contribution in [3.05, 3.63) is 0 Å². The van der Waals surface area contributed by atoms with E-state index in [9.17, 15) is 4.79 Å². The number of carboxylic acids is 1. The van der Waals surface area contributed by atoms with E-state index in [0.717, 1.165) is 0 Å². The van der Waals surface area contributed by atoms with Crippen LogP contribution in [0.4, 0.5) is 0 Å². The minimum Gasteiger partial charge on any atom is -0.479 e. The highest BCUT2D eigenvalue weighted by Gasteiger charge is 2.21. The van der Waals surface area contributed by atoms with E-state index in [1.165, 1.54) is 4.90 Å². The largest absolute Gasteiger partial charge is 0.479 e. The molecule has 0 aliphatic carbocycles. The molecule has 0 aromatic rings. The van der Waals surface area contributed by atoms with Gasteiger partial charge in [-0.2, -0.15) is 0 Å². The first kappa shape index (κ1) is 11.6. The van der Waals surface area contributed by atoms with E-state index in [1.54, 1.807) is 0 Å². The highest BCUT2D eigenvalue weighted by atomic mass is 35.5. The van der Waals surface area contributed by atoms with Gasteiger partial charge in [0.05, 0.1) is 13.2 Å². The molecule has 0 bridgehead atoms. The standard InChI is InChI=1S/C6H12ClNO4/c7-5(6(11)12)8(1-3-9)2-4-10/h5,9-10H,1-4H2,(H,11,12). The second-order valence-corrected chi connectivity index (χ2v) is 2.57. The number of carboxylic acid groups (broad SMARTS) is 1. The summed E-state index contributed by atoms with van der Waals surface area (Å²) in [7, 11) is 0. The number of hydrogen-bond acceptors (Lipinski definition) is 4. The summed E-state index contributed by atoms with van der Waals surface area (Å²) < 4.78 is 0. The van der Waals surface area contributed by atoms with Gasteiger partial charge in [0.2, 0.25) is 0 Å². The molecule has 0 fully saturated rings. The predicted octanol–water partition coefficient (Wildman–Crippen LogP) is -1.08. The van der Waals surface area contributed by atoms with E-state index in [1.807, 2.05) is 0 Å². The van der Waals surface area contributed by atoms with Gasteiger partial charge in [-0.3, -0.25) is 4.90 Å². The Morgan fingerprint density at radius 3 is 2.00 bits per heavy atom. The fourth-order valence-corrected chi connectivity index (χ4v) is 0.947. The van der Waals surface area contributed by atoms with Crippen molar-refractivity contribution >= 4 is 17.6 Å². The van der Waals surface area contributed by atoms with Crippen LogP contribution in [0.3, 0.4) is 0 Å². The maximum Gasteiger partial charge on any atom is 0.336 e. The molecule has 0 radical (unpaired) electrons. The topological polar surface area (TPSA) is 81.0 Å². The van der Waals surface area contributed by atoms with Crippen LogP contribution in [0, 0.1) is 0 Å². The average Bonchev–Trinajstić information content (AvgIpc) is 2.03. The molecule has 0 aliphatic rings. The van der Waals surface area contributed by atoms with E-state index in [2.05, 4.69) is 0 Å². The van der Waals surface area contributed by atoms with E-state index >= 15 is 0 Å². The molecule has 0 amide bonds. The van der Waals surface area contributed by atoms with Crippen molar-refractivity contribution < 1.29 is 20.1 Å². The van der Waals surface area contributed by atoms with Crippen molar-refractivity contribution in [3.63, 3.8) is 0 Å². The quantitative estimate of drug-likeness (QED) is 0.373. The zero-order valence-corrected chi connectivity index (χ0v) is 7.24. The van der Waals surface area contributed by atoms with E-state index in [-0.39, 0.29) is 26.3 Å². The third kappa shape index (κ3) is 3.87. The van der Waals surface area contributed by atoms with Gasteiger partial charge in [-0.25, -0.2) is 4.79 Å². The third-order valence-electron chi connectivity index (χ3n) is 1.30. The highest BCUT2D eigenvalue weighted by Crippen LogP contribution is 2.03. The number of halogens is 1. The SMILES string of the molecule is O=C(O)C(Cl)N(CCO)CCO. The fourth-order valence-electron chi connectivity index (χ4n) is 0.752. The molecule has 0 rings (SSSR count). The van der Waals surface area contributed by atoms with Gasteiger partial charge in [-0.1, -0.05) is 11.6 Å². The predicted molar refractivity (Wildman–Crippen MR) is 43.0 cm³/mol. The lowest BCUT2D eigenvalue weighted by atomic mass is 10.4. The van der Waals surface area contributed by atoms with Crippen LogP contribution in [0.2, 0.25) is 0 Å². The monoisotopic (exact) mass is 197 g/mol. The molecule has 0 aromatic heterocycles. The highest BCUT2D eigenvalue weighted by molar-refractivity contribution is 6.29. The molecule has 72 valence electrons. The number of aliphatic hydroxyl groups excluding tert-OH is 2. The molecule has 12 heavy (non-hydrogen) atoms. The van der Waals surface area contributed by atoms with Crippen molar-refractivity contribution in [1.29, 1.82) is 0 Å². The Balaban J connectivity index is 3.98. The van der Waals surface area contributed by atoms with Crippen LogP contribution >= 0.6 is 11.6 Å². The fraction of sp³-hybridized carbons (Fsp3) is 0.833. The maximum absolute atomic E-state index is 10.4. The van der Waals surface area contributed by atoms with E-state index in [0.29, 0.717) is 0 Å². The number of carbonyl (C=O) groups is 1. The lowest BCUT2D eigenvalue weighted by molar-refractivity contribution is -0.140. The van der Waals surface area contributed by atoms with Gasteiger partial charge in [0.25, 0.3) is 0 Å². The Kier molecular flexibility index (Phi) is 6.00. The number of rotatable bonds is 6. The number of aliphatic carboxylic acids is 1. The van der Waals surface area contributed by atoms with Crippen molar-refractivity contribution in [1.82, 2.24) is 4.90 Å². The number of hydrogen-bond donors (Lipinski definition) is 3. The molecule has 1 unspecified atom stereocenters. The first-order chi connectivity index (χ1) is 5.63. The lowest BCUT2D eigenvalue weighted by Gasteiger charge is -2.22. The average molecular weight is 198 g/mol. The molecule has 1 atom stereocenters. The lowest BCUT2D eigenvalue weighted by Crippen LogP contribution is -2.40. The Labute approximate surface area is 75.2 Å². The molecule has 0 aliphatic heterocycles.